The molecule has 1 fully saturated rings. The number of anilines is 2. The monoisotopic (exact) mass is 754 g/mol. The average Bonchev–Trinajstić information content (AvgIpc) is 3.82. The lowest BCUT2D eigenvalue weighted by Gasteiger charge is -2.40. The zero-order valence-corrected chi connectivity index (χ0v) is 31.6. The van der Waals surface area contributed by atoms with Gasteiger partial charge in [0.2, 0.25) is 0 Å². The van der Waals surface area contributed by atoms with Gasteiger partial charge in [0.15, 0.2) is 0 Å². The molecule has 1 atom stereocenters. The molecule has 1 saturated heterocycles. The molecule has 0 spiro atoms. The molecule has 4 heterocycles. The number of carbonyl (C=O) groups excluding carboxylic acids is 2. The van der Waals surface area contributed by atoms with Gasteiger partial charge >= 0.3 is 0 Å². The van der Waals surface area contributed by atoms with Crippen molar-refractivity contribution in [1.82, 2.24) is 24.6 Å². The molecule has 2 aliphatic rings. The number of ether oxygens (including phenoxy) is 2. The van der Waals surface area contributed by atoms with Crippen LogP contribution in [0.25, 0.3) is 22.2 Å². The normalized spacial score (nSPS) is 15.8. The van der Waals surface area contributed by atoms with Crippen molar-refractivity contribution in [3.63, 3.8) is 0 Å². The van der Waals surface area contributed by atoms with Gasteiger partial charge in [-0.05, 0) is 73.0 Å². The van der Waals surface area contributed by atoms with E-state index in [1.807, 2.05) is 78.0 Å². The molecule has 2 amide bonds. The van der Waals surface area contributed by atoms with Crippen molar-refractivity contribution in [3.05, 3.63) is 136 Å². The number of H-pyrrole nitrogens is 1. The van der Waals surface area contributed by atoms with Crippen LogP contribution in [0.1, 0.15) is 43.1 Å². The summed E-state index contributed by atoms with van der Waals surface area (Å²) in [5, 5.41) is 30.2. The summed E-state index contributed by atoms with van der Waals surface area (Å²) in [4.78, 5) is 35.8. The summed E-state index contributed by atoms with van der Waals surface area (Å²) in [6.07, 6.45) is 2.43. The number of morpholine rings is 1. The molecule has 4 aromatic carbocycles. The van der Waals surface area contributed by atoms with Gasteiger partial charge in [0.25, 0.3) is 11.8 Å². The fourth-order valence-electron chi connectivity index (χ4n) is 7.97. The van der Waals surface area contributed by atoms with E-state index in [9.17, 15) is 20.0 Å². The molecule has 0 bridgehead atoms. The largest absolute Gasteiger partial charge is 0.733 e. The summed E-state index contributed by atoms with van der Waals surface area (Å²) in [6, 6.07) is 27.7. The minimum Gasteiger partial charge on any atom is -0.733 e. The highest BCUT2D eigenvalue weighted by Crippen LogP contribution is 2.36. The van der Waals surface area contributed by atoms with Gasteiger partial charge in [0.1, 0.15) is 5.75 Å². The number of hydrogen-bond donors (Lipinski definition) is 2. The Morgan fingerprint density at radius 1 is 0.964 bits per heavy atom. The first kappa shape index (κ1) is 37.0. The maximum atomic E-state index is 14.9. The number of amides is 2. The van der Waals surface area contributed by atoms with Crippen molar-refractivity contribution in [2.24, 2.45) is 7.05 Å². The van der Waals surface area contributed by atoms with Crippen molar-refractivity contribution in [3.8, 4) is 17.0 Å². The molecule has 0 unspecified atom stereocenters. The summed E-state index contributed by atoms with van der Waals surface area (Å²) >= 11 is 0. The Morgan fingerprint density at radius 2 is 1.71 bits per heavy atom. The SMILES string of the molecule is COc1ccccc1CN(C(=O)c1cc(-c2cc(N([O-])O)ccc2C(=O)N2Cc3ccccc3C[C@H]2CN2CCOCC2)n(C)c1C)c1ccc2cn[nH]c2c1. The van der Waals surface area contributed by atoms with Crippen LogP contribution in [0, 0.1) is 12.1 Å². The van der Waals surface area contributed by atoms with Gasteiger partial charge < -0.3 is 34.3 Å². The lowest BCUT2D eigenvalue weighted by atomic mass is 9.92. The van der Waals surface area contributed by atoms with Crippen LogP contribution in [0.3, 0.4) is 0 Å². The van der Waals surface area contributed by atoms with Crippen LogP contribution in [-0.2, 0) is 31.3 Å². The highest BCUT2D eigenvalue weighted by molar-refractivity contribution is 6.09. The van der Waals surface area contributed by atoms with E-state index >= 15 is 0 Å². The summed E-state index contributed by atoms with van der Waals surface area (Å²) in [7, 11) is 3.43. The molecule has 2 N–H and O–H groups in total. The van der Waals surface area contributed by atoms with E-state index < -0.39 is 0 Å². The first-order valence-electron chi connectivity index (χ1n) is 18.7. The number of methoxy groups -OCH3 is 1. The number of benzene rings is 4. The van der Waals surface area contributed by atoms with Gasteiger partial charge in [0.05, 0.1) is 49.8 Å². The maximum Gasteiger partial charge on any atom is 0.260 e. The molecule has 8 rings (SSSR count). The molecule has 13 nitrogen and oxygen atoms in total. The number of carbonyl (C=O) groups is 2. The highest BCUT2D eigenvalue weighted by atomic mass is 16.8. The number of nitrogens with one attached hydrogen (secondary N) is 1. The van der Waals surface area contributed by atoms with Crippen LogP contribution < -0.4 is 14.9 Å². The molecule has 288 valence electrons. The second-order valence-corrected chi connectivity index (χ2v) is 14.4. The number of fused-ring (bicyclic) bond motifs is 2. The Balaban J connectivity index is 1.20. The number of aromatic nitrogens is 3. The first-order chi connectivity index (χ1) is 27.2. The maximum absolute atomic E-state index is 14.9. The molecular weight excluding hydrogens is 711 g/mol. The molecule has 2 aliphatic heterocycles. The van der Waals surface area contributed by atoms with Crippen LogP contribution in [-0.4, -0.2) is 87.6 Å². The summed E-state index contributed by atoms with van der Waals surface area (Å²) in [6.45, 7) is 6.06. The lowest BCUT2D eigenvalue weighted by Crippen LogP contribution is -2.52. The lowest BCUT2D eigenvalue weighted by molar-refractivity contribution is 0.0193. The van der Waals surface area contributed by atoms with Crippen molar-refractivity contribution in [2.45, 2.75) is 32.5 Å². The van der Waals surface area contributed by atoms with Crippen LogP contribution in [0.15, 0.2) is 97.2 Å². The van der Waals surface area contributed by atoms with E-state index in [-0.39, 0.29) is 35.3 Å². The minimum atomic E-state index is -0.274. The second kappa shape index (κ2) is 15.6. The van der Waals surface area contributed by atoms with E-state index in [0.29, 0.717) is 72.2 Å². The third-order valence-electron chi connectivity index (χ3n) is 11.2. The minimum absolute atomic E-state index is 0.0391. The van der Waals surface area contributed by atoms with Gasteiger partial charge in [-0.1, -0.05) is 42.5 Å². The van der Waals surface area contributed by atoms with Crippen LogP contribution >= 0.6 is 0 Å². The summed E-state index contributed by atoms with van der Waals surface area (Å²) in [5.74, 6) is 0.174. The molecule has 0 aliphatic carbocycles. The smallest absolute Gasteiger partial charge is 0.260 e. The molecule has 0 saturated carbocycles. The zero-order chi connectivity index (χ0) is 38.9. The third-order valence-corrected chi connectivity index (χ3v) is 11.2. The first-order valence-corrected chi connectivity index (χ1v) is 18.7. The summed E-state index contributed by atoms with van der Waals surface area (Å²) < 4.78 is 13.1. The van der Waals surface area contributed by atoms with Crippen LogP contribution in [0.4, 0.5) is 11.4 Å². The summed E-state index contributed by atoms with van der Waals surface area (Å²) in [5.41, 5.74) is 6.90. The van der Waals surface area contributed by atoms with Crippen molar-refractivity contribution >= 4 is 34.1 Å². The van der Waals surface area contributed by atoms with E-state index in [2.05, 4.69) is 27.2 Å². The topological polar surface area (TPSA) is 142 Å². The standard InChI is InChI=1S/C43H44N7O6/c1-28-37(43(52)48(26-32-10-6-7-11-41(32)55-3)33-13-12-30-24-44-45-39(30)22-33)23-40(46(28)2)38-21-34(50(53)54)14-15-36(38)42(51)49-25-31-9-5-4-8-29(31)20-35(49)27-47-16-18-56-19-17-47/h4-15,21-24,35,53H,16-20,25-27H2,1-3H3,(H,44,45)/q-1/t35-/m0/s1. The second-order valence-electron chi connectivity index (χ2n) is 14.4. The predicted molar refractivity (Wildman–Crippen MR) is 214 cm³/mol. The van der Waals surface area contributed by atoms with E-state index in [4.69, 9.17) is 9.47 Å². The number of rotatable bonds is 10. The van der Waals surface area contributed by atoms with Gasteiger partial charge in [-0.25, -0.2) is 0 Å². The van der Waals surface area contributed by atoms with Crippen LogP contribution in [0.2, 0.25) is 0 Å². The zero-order valence-electron chi connectivity index (χ0n) is 31.6. The molecule has 6 aromatic rings. The Morgan fingerprint density at radius 3 is 2.50 bits per heavy atom. The van der Waals surface area contributed by atoms with Gasteiger partial charge in [0, 0.05) is 78.4 Å². The average molecular weight is 755 g/mol. The number of nitrogens with zero attached hydrogens (tertiary/aromatic N) is 6. The van der Waals surface area contributed by atoms with Crippen LogP contribution in [0.5, 0.6) is 5.75 Å². The van der Waals surface area contributed by atoms with E-state index in [1.54, 1.807) is 30.3 Å². The quantitative estimate of drug-likeness (QED) is 0.154. The number of hydrogen-bond acceptors (Lipinski definition) is 9. The van der Waals surface area contributed by atoms with Crippen molar-refractivity contribution < 1.29 is 24.3 Å². The number of para-hydroxylation sites is 1. The fraction of sp³-hybridized carbons (Fsp3) is 0.279. The van der Waals surface area contributed by atoms with Gasteiger partial charge in [-0.3, -0.25) is 24.8 Å². The van der Waals surface area contributed by atoms with Crippen molar-refractivity contribution in [2.75, 3.05) is 50.1 Å². The van der Waals surface area contributed by atoms with Gasteiger partial charge in [-0.15, -0.1) is 0 Å². The Bertz CT molecular complexity index is 2400. The molecule has 13 heteroatoms. The fourth-order valence-corrected chi connectivity index (χ4v) is 7.97. The van der Waals surface area contributed by atoms with E-state index in [1.165, 1.54) is 17.7 Å². The number of aromatic amines is 1. The Hall–Kier alpha value is -5.99. The van der Waals surface area contributed by atoms with Crippen molar-refractivity contribution in [1.29, 1.82) is 0 Å². The van der Waals surface area contributed by atoms with E-state index in [0.717, 1.165) is 35.1 Å². The highest BCUT2D eigenvalue weighted by Gasteiger charge is 2.34. The molecule has 56 heavy (non-hydrogen) atoms. The Labute approximate surface area is 324 Å². The molecule has 0 radical (unpaired) electrons. The molecule has 2 aromatic heterocycles. The predicted octanol–water partition coefficient (Wildman–Crippen LogP) is 6.33. The third kappa shape index (κ3) is 7.13. The van der Waals surface area contributed by atoms with Gasteiger partial charge in [-0.2, -0.15) is 5.10 Å². The molecular formula is C43H44N7O6-. The Kier molecular flexibility index (Phi) is 10.3.